The zero-order valence-electron chi connectivity index (χ0n) is 15.2. The molecule has 0 radical (unpaired) electrons. The van der Waals surface area contributed by atoms with E-state index in [9.17, 15) is 0 Å². The largest absolute Gasteiger partial charge is 0.355 e. The highest BCUT2D eigenvalue weighted by Gasteiger charge is 2.05. The Morgan fingerprint density at radius 3 is 1.33 bits per heavy atom. The van der Waals surface area contributed by atoms with Gasteiger partial charge in [-0.2, -0.15) is 0 Å². The lowest BCUT2D eigenvalue weighted by molar-refractivity contribution is 1.01. The molecule has 2 heterocycles. The molecule has 0 unspecified atom stereocenters. The number of nitrogens with zero attached hydrogens (tertiary/aromatic N) is 1. The molecule has 0 aliphatic heterocycles. The third kappa shape index (κ3) is 2.58. The Morgan fingerprint density at radius 1 is 0.481 bits per heavy atom. The molecule has 2 aromatic heterocycles. The second kappa shape index (κ2) is 6.33. The van der Waals surface area contributed by atoms with Gasteiger partial charge in [0.15, 0.2) is 0 Å². The molecule has 0 bridgehead atoms. The summed E-state index contributed by atoms with van der Waals surface area (Å²) in [5, 5.41) is 5.28. The van der Waals surface area contributed by atoms with E-state index in [2.05, 4.69) is 114 Å². The molecular weight excluding hydrogens is 328 g/mol. The smallest absolute Gasteiger partial charge is 0.0488 e. The quantitative estimate of drug-likeness (QED) is 0.317. The highest BCUT2D eigenvalue weighted by molar-refractivity contribution is 6.08. The first kappa shape index (κ1) is 15.7. The molecule has 0 amide bonds. The molecule has 6 rings (SSSR count). The second-order valence-electron chi connectivity index (χ2n) is 6.81. The van der Waals surface area contributed by atoms with Crippen LogP contribution in [0, 0.1) is 0 Å². The molecule has 2 heteroatoms. The van der Waals surface area contributed by atoms with Crippen LogP contribution >= 0.6 is 0 Å². The first-order valence-electron chi connectivity index (χ1n) is 9.20. The first-order valence-corrected chi connectivity index (χ1v) is 9.20. The van der Waals surface area contributed by atoms with Crippen molar-refractivity contribution in [3.63, 3.8) is 0 Å². The van der Waals surface area contributed by atoms with Gasteiger partial charge in [-0.1, -0.05) is 72.8 Å². The lowest BCUT2D eigenvalue weighted by Gasteiger charge is -1.95. The van der Waals surface area contributed by atoms with Gasteiger partial charge in [0.2, 0.25) is 0 Å². The zero-order valence-corrected chi connectivity index (χ0v) is 15.2. The highest BCUT2D eigenvalue weighted by atomic mass is 14.9. The minimum Gasteiger partial charge on any atom is -0.355 e. The Kier molecular flexibility index (Phi) is 3.68. The molecule has 130 valence electrons. The molecule has 0 fully saturated rings. The number of para-hydroxylation sites is 4. The summed E-state index contributed by atoms with van der Waals surface area (Å²) in [5.74, 6) is 0. The number of benzene rings is 4. The fraction of sp³-hybridized carbons (Fsp3) is 0.0400. The van der Waals surface area contributed by atoms with Crippen LogP contribution in [0.25, 0.3) is 43.6 Å². The van der Waals surface area contributed by atoms with Gasteiger partial charge in [0, 0.05) is 50.7 Å². The van der Waals surface area contributed by atoms with Crippen LogP contribution in [0.5, 0.6) is 0 Å². The number of rotatable bonds is 0. The minimum atomic E-state index is 1.21. The van der Waals surface area contributed by atoms with E-state index < -0.39 is 0 Å². The average Bonchev–Trinajstić information content (AvgIpc) is 3.25. The van der Waals surface area contributed by atoms with Gasteiger partial charge in [-0.05, 0) is 24.3 Å². The van der Waals surface area contributed by atoms with Gasteiger partial charge in [0.1, 0.15) is 0 Å². The summed E-state index contributed by atoms with van der Waals surface area (Å²) in [7, 11) is 2.12. The van der Waals surface area contributed by atoms with Crippen LogP contribution < -0.4 is 0 Å². The maximum absolute atomic E-state index is 3.38. The van der Waals surface area contributed by atoms with Crippen LogP contribution in [-0.2, 0) is 7.05 Å². The molecule has 1 N–H and O–H groups in total. The number of aromatic nitrogens is 2. The Hall–Kier alpha value is -3.52. The molecule has 4 aromatic carbocycles. The maximum Gasteiger partial charge on any atom is 0.0488 e. The fourth-order valence-corrected chi connectivity index (χ4v) is 3.92. The van der Waals surface area contributed by atoms with Crippen molar-refractivity contribution in [1.29, 1.82) is 0 Å². The Bertz CT molecular complexity index is 1280. The van der Waals surface area contributed by atoms with Crippen LogP contribution in [0.2, 0.25) is 0 Å². The van der Waals surface area contributed by atoms with E-state index in [4.69, 9.17) is 0 Å². The molecule has 0 saturated carbocycles. The minimum absolute atomic E-state index is 1.21. The maximum atomic E-state index is 3.38. The lowest BCUT2D eigenvalue weighted by Crippen LogP contribution is -1.84. The SMILES string of the molecule is Cn1c2ccccc2c2ccccc21.c1ccc2c(c1)[nH]c1ccccc12. The van der Waals surface area contributed by atoms with E-state index in [1.165, 1.54) is 43.6 Å². The predicted molar refractivity (Wildman–Crippen MR) is 116 cm³/mol. The van der Waals surface area contributed by atoms with E-state index >= 15 is 0 Å². The molecule has 2 nitrogen and oxygen atoms in total. The van der Waals surface area contributed by atoms with E-state index in [0.717, 1.165) is 0 Å². The Balaban J connectivity index is 0.000000119. The highest BCUT2D eigenvalue weighted by Crippen LogP contribution is 2.27. The van der Waals surface area contributed by atoms with Crippen LogP contribution in [0.15, 0.2) is 97.1 Å². The Labute approximate surface area is 157 Å². The second-order valence-corrected chi connectivity index (χ2v) is 6.81. The average molecular weight is 348 g/mol. The summed E-state index contributed by atoms with van der Waals surface area (Å²) < 4.78 is 2.24. The van der Waals surface area contributed by atoms with Crippen molar-refractivity contribution in [3.05, 3.63) is 97.1 Å². The van der Waals surface area contributed by atoms with Crippen molar-refractivity contribution in [3.8, 4) is 0 Å². The number of hydrogen-bond donors (Lipinski definition) is 1. The summed E-state index contributed by atoms with van der Waals surface area (Å²) in [6.45, 7) is 0. The number of fused-ring (bicyclic) bond motifs is 6. The van der Waals surface area contributed by atoms with E-state index in [1.54, 1.807) is 0 Å². The Morgan fingerprint density at radius 2 is 0.852 bits per heavy atom. The molecular formula is C25H20N2. The molecule has 0 atom stereocenters. The molecule has 0 spiro atoms. The first-order chi connectivity index (χ1) is 13.3. The van der Waals surface area contributed by atoms with E-state index in [1.807, 2.05) is 0 Å². The summed E-state index contributed by atoms with van der Waals surface area (Å²) in [6, 6.07) is 33.8. The summed E-state index contributed by atoms with van der Waals surface area (Å²) in [4.78, 5) is 3.38. The van der Waals surface area contributed by atoms with Gasteiger partial charge < -0.3 is 9.55 Å². The normalized spacial score (nSPS) is 11.1. The number of H-pyrrole nitrogens is 1. The molecule has 0 aliphatic carbocycles. The summed E-state index contributed by atoms with van der Waals surface area (Å²) in [5.41, 5.74) is 5.02. The number of hydrogen-bond acceptors (Lipinski definition) is 0. The van der Waals surface area contributed by atoms with Gasteiger partial charge in [0.05, 0.1) is 0 Å². The summed E-state index contributed by atoms with van der Waals surface area (Å²) >= 11 is 0. The monoisotopic (exact) mass is 348 g/mol. The molecule has 6 aromatic rings. The van der Waals surface area contributed by atoms with E-state index in [0.29, 0.717) is 0 Å². The molecule has 27 heavy (non-hydrogen) atoms. The van der Waals surface area contributed by atoms with Gasteiger partial charge in [0.25, 0.3) is 0 Å². The van der Waals surface area contributed by atoms with Gasteiger partial charge in [-0.15, -0.1) is 0 Å². The van der Waals surface area contributed by atoms with Gasteiger partial charge >= 0.3 is 0 Å². The predicted octanol–water partition coefficient (Wildman–Crippen LogP) is 6.65. The van der Waals surface area contributed by atoms with Gasteiger partial charge in [-0.25, -0.2) is 0 Å². The zero-order chi connectivity index (χ0) is 18.2. The van der Waals surface area contributed by atoms with E-state index in [-0.39, 0.29) is 0 Å². The molecule has 0 saturated heterocycles. The third-order valence-electron chi connectivity index (χ3n) is 5.23. The van der Waals surface area contributed by atoms with Crippen molar-refractivity contribution in [2.45, 2.75) is 0 Å². The summed E-state index contributed by atoms with van der Waals surface area (Å²) in [6.07, 6.45) is 0. The van der Waals surface area contributed by atoms with Gasteiger partial charge in [-0.3, -0.25) is 0 Å². The third-order valence-corrected chi connectivity index (χ3v) is 5.23. The standard InChI is InChI=1S/C13H11N.C12H9N/c1-14-12-8-4-2-6-10(12)11-7-3-5-9-13(11)14;1-3-7-11-9(5-1)10-6-2-4-8-12(10)13-11/h2-9H,1H3;1-8,13H. The van der Waals surface area contributed by atoms with Crippen molar-refractivity contribution < 1.29 is 0 Å². The van der Waals surface area contributed by atoms with Crippen molar-refractivity contribution in [2.75, 3.05) is 0 Å². The fourth-order valence-electron chi connectivity index (χ4n) is 3.92. The lowest BCUT2D eigenvalue weighted by atomic mass is 10.2. The number of aromatic amines is 1. The molecule has 0 aliphatic rings. The topological polar surface area (TPSA) is 20.7 Å². The number of aryl methyl sites for hydroxylation is 1. The van der Waals surface area contributed by atoms with Crippen LogP contribution in [-0.4, -0.2) is 9.55 Å². The van der Waals surface area contributed by atoms with Crippen molar-refractivity contribution in [1.82, 2.24) is 9.55 Å². The van der Waals surface area contributed by atoms with Crippen molar-refractivity contribution in [2.24, 2.45) is 7.05 Å². The van der Waals surface area contributed by atoms with Crippen molar-refractivity contribution >= 4 is 43.6 Å². The van der Waals surface area contributed by atoms with Crippen LogP contribution in [0.1, 0.15) is 0 Å². The number of nitrogens with one attached hydrogen (secondary N) is 1. The van der Waals surface area contributed by atoms with Crippen LogP contribution in [0.3, 0.4) is 0 Å². The van der Waals surface area contributed by atoms with Crippen LogP contribution in [0.4, 0.5) is 0 Å².